The molecule has 1 N–H and O–H groups in total. The molecular weight excluding hydrogens is 251 g/mol. The fourth-order valence-electron chi connectivity index (χ4n) is 2.08. The molecule has 1 atom stereocenters. The largest absolute Gasteiger partial charge is 0.380 e. The minimum Gasteiger partial charge on any atom is -0.380 e. The molecule has 0 spiro atoms. The van der Waals surface area contributed by atoms with Gasteiger partial charge in [0.05, 0.1) is 0 Å². The molecule has 18 heavy (non-hydrogen) atoms. The van der Waals surface area contributed by atoms with Crippen LogP contribution >= 0.6 is 11.6 Å². The van der Waals surface area contributed by atoms with Gasteiger partial charge < -0.3 is 5.11 Å². The van der Waals surface area contributed by atoms with E-state index < -0.39 is 11.4 Å². The average Bonchev–Trinajstić information content (AvgIpc) is 2.41. The molecule has 0 saturated heterocycles. The summed E-state index contributed by atoms with van der Waals surface area (Å²) in [6.45, 7) is 1.84. The first-order valence-corrected chi connectivity index (χ1v) is 6.19. The van der Waals surface area contributed by atoms with Gasteiger partial charge >= 0.3 is 0 Å². The van der Waals surface area contributed by atoms with Crippen molar-refractivity contribution in [1.29, 1.82) is 0 Å². The zero-order valence-corrected chi connectivity index (χ0v) is 10.8. The van der Waals surface area contributed by atoms with Gasteiger partial charge in [-0.05, 0) is 30.2 Å². The van der Waals surface area contributed by atoms with Crippen LogP contribution in [-0.2, 0) is 5.60 Å². The van der Waals surface area contributed by atoms with Crippen LogP contribution in [-0.4, -0.2) is 5.11 Å². The second-order valence-electron chi connectivity index (χ2n) is 4.20. The predicted octanol–water partition coefficient (Wildman–Crippen LogP) is 4.13. The highest BCUT2D eigenvalue weighted by molar-refractivity contribution is 6.31. The molecular formula is C15H14ClFO. The summed E-state index contributed by atoms with van der Waals surface area (Å²) in [5.41, 5.74) is -0.154. The van der Waals surface area contributed by atoms with Crippen LogP contribution in [0.25, 0.3) is 0 Å². The van der Waals surface area contributed by atoms with E-state index in [1.54, 1.807) is 0 Å². The lowest BCUT2D eigenvalue weighted by molar-refractivity contribution is 0.0763. The lowest BCUT2D eigenvalue weighted by Gasteiger charge is -2.29. The number of rotatable bonds is 3. The van der Waals surface area contributed by atoms with Crippen LogP contribution in [0.4, 0.5) is 4.39 Å². The molecule has 2 aromatic rings. The third-order valence-corrected chi connectivity index (χ3v) is 3.47. The molecule has 94 valence electrons. The van der Waals surface area contributed by atoms with Gasteiger partial charge in [0.1, 0.15) is 11.4 Å². The Kier molecular flexibility index (Phi) is 3.69. The van der Waals surface area contributed by atoms with E-state index in [-0.39, 0.29) is 0 Å². The first-order chi connectivity index (χ1) is 8.58. The van der Waals surface area contributed by atoms with Gasteiger partial charge in [0.2, 0.25) is 0 Å². The Labute approximate surface area is 111 Å². The molecule has 2 aromatic carbocycles. The Morgan fingerprint density at radius 3 is 2.44 bits per heavy atom. The third kappa shape index (κ3) is 2.26. The summed E-state index contributed by atoms with van der Waals surface area (Å²) >= 11 is 6.08. The summed E-state index contributed by atoms with van der Waals surface area (Å²) in [7, 11) is 0. The van der Waals surface area contributed by atoms with Crippen LogP contribution < -0.4 is 0 Å². The SMILES string of the molecule is CCC(O)(c1ccccc1)c1cc(F)ccc1Cl. The van der Waals surface area contributed by atoms with E-state index in [0.29, 0.717) is 22.6 Å². The Hall–Kier alpha value is -1.38. The molecule has 0 heterocycles. The van der Waals surface area contributed by atoms with Crippen molar-refractivity contribution in [1.82, 2.24) is 0 Å². The van der Waals surface area contributed by atoms with Gasteiger partial charge in [-0.2, -0.15) is 0 Å². The summed E-state index contributed by atoms with van der Waals surface area (Å²) in [4.78, 5) is 0. The molecule has 0 amide bonds. The summed E-state index contributed by atoms with van der Waals surface area (Å²) in [6, 6.07) is 13.2. The summed E-state index contributed by atoms with van der Waals surface area (Å²) < 4.78 is 13.4. The third-order valence-electron chi connectivity index (χ3n) is 3.14. The maximum Gasteiger partial charge on any atom is 0.123 e. The van der Waals surface area contributed by atoms with Gasteiger partial charge in [0.25, 0.3) is 0 Å². The van der Waals surface area contributed by atoms with Crippen molar-refractivity contribution in [3.8, 4) is 0 Å². The molecule has 3 heteroatoms. The summed E-state index contributed by atoms with van der Waals surface area (Å²) in [6.07, 6.45) is 0.417. The second-order valence-corrected chi connectivity index (χ2v) is 4.61. The van der Waals surface area contributed by atoms with Gasteiger partial charge in [-0.3, -0.25) is 0 Å². The van der Waals surface area contributed by atoms with E-state index in [2.05, 4.69) is 0 Å². The lowest BCUT2D eigenvalue weighted by Crippen LogP contribution is -2.26. The maximum absolute atomic E-state index is 13.4. The van der Waals surface area contributed by atoms with Crippen molar-refractivity contribution in [3.05, 3.63) is 70.5 Å². The normalized spacial score (nSPS) is 14.2. The van der Waals surface area contributed by atoms with E-state index in [1.807, 2.05) is 37.3 Å². The lowest BCUT2D eigenvalue weighted by atomic mass is 9.84. The zero-order chi connectivity index (χ0) is 13.2. The van der Waals surface area contributed by atoms with Crippen molar-refractivity contribution in [2.75, 3.05) is 0 Å². The van der Waals surface area contributed by atoms with Crippen LogP contribution in [0.1, 0.15) is 24.5 Å². The summed E-state index contributed by atoms with van der Waals surface area (Å²) in [5, 5.41) is 11.2. The van der Waals surface area contributed by atoms with Gasteiger partial charge in [-0.15, -0.1) is 0 Å². The number of benzene rings is 2. The molecule has 0 saturated carbocycles. The molecule has 1 unspecified atom stereocenters. The zero-order valence-electron chi connectivity index (χ0n) is 10.0. The Balaban J connectivity index is 2.60. The number of aliphatic hydroxyl groups is 1. The quantitative estimate of drug-likeness (QED) is 0.884. The monoisotopic (exact) mass is 264 g/mol. The minimum absolute atomic E-state index is 0.365. The van der Waals surface area contributed by atoms with Gasteiger partial charge in [-0.1, -0.05) is 48.9 Å². The van der Waals surface area contributed by atoms with Gasteiger partial charge in [0.15, 0.2) is 0 Å². The molecule has 0 fully saturated rings. The standard InChI is InChI=1S/C15H14ClFO/c1-2-15(18,11-6-4-3-5-7-11)13-10-12(17)8-9-14(13)16/h3-10,18H,2H2,1H3. The predicted molar refractivity (Wildman–Crippen MR) is 71.1 cm³/mol. The van der Waals surface area contributed by atoms with Gasteiger partial charge in [0, 0.05) is 10.6 Å². The number of hydrogen-bond donors (Lipinski definition) is 1. The minimum atomic E-state index is -1.26. The van der Waals surface area contributed by atoms with Crippen molar-refractivity contribution >= 4 is 11.6 Å². The van der Waals surface area contributed by atoms with Crippen LogP contribution in [0.5, 0.6) is 0 Å². The Morgan fingerprint density at radius 2 is 1.83 bits per heavy atom. The van der Waals surface area contributed by atoms with Crippen molar-refractivity contribution < 1.29 is 9.50 Å². The molecule has 0 aliphatic rings. The number of hydrogen-bond acceptors (Lipinski definition) is 1. The van der Waals surface area contributed by atoms with E-state index in [9.17, 15) is 9.50 Å². The van der Waals surface area contributed by atoms with Crippen LogP contribution in [0.2, 0.25) is 5.02 Å². The average molecular weight is 265 g/mol. The van der Waals surface area contributed by atoms with Gasteiger partial charge in [-0.25, -0.2) is 4.39 Å². The molecule has 1 nitrogen and oxygen atoms in total. The number of halogens is 2. The highest BCUT2D eigenvalue weighted by Crippen LogP contribution is 2.37. The van der Waals surface area contributed by atoms with Crippen LogP contribution in [0.3, 0.4) is 0 Å². The van der Waals surface area contributed by atoms with E-state index >= 15 is 0 Å². The van der Waals surface area contributed by atoms with Crippen molar-refractivity contribution in [2.45, 2.75) is 18.9 Å². The maximum atomic E-state index is 13.4. The van der Waals surface area contributed by atoms with Crippen LogP contribution in [0.15, 0.2) is 48.5 Å². The van der Waals surface area contributed by atoms with Crippen molar-refractivity contribution in [3.63, 3.8) is 0 Å². The second kappa shape index (κ2) is 5.09. The first kappa shape index (κ1) is 13.1. The fourth-order valence-corrected chi connectivity index (χ4v) is 2.35. The van der Waals surface area contributed by atoms with E-state index in [4.69, 9.17) is 11.6 Å². The molecule has 0 aliphatic heterocycles. The van der Waals surface area contributed by atoms with E-state index in [1.165, 1.54) is 18.2 Å². The highest BCUT2D eigenvalue weighted by Gasteiger charge is 2.31. The molecule has 0 aromatic heterocycles. The summed E-state index contributed by atoms with van der Waals surface area (Å²) in [5.74, 6) is -0.405. The highest BCUT2D eigenvalue weighted by atomic mass is 35.5. The smallest absolute Gasteiger partial charge is 0.123 e. The Bertz CT molecular complexity index is 541. The molecule has 2 rings (SSSR count). The molecule has 0 bridgehead atoms. The first-order valence-electron chi connectivity index (χ1n) is 5.81. The van der Waals surface area contributed by atoms with Crippen LogP contribution in [0, 0.1) is 5.82 Å². The van der Waals surface area contributed by atoms with E-state index in [0.717, 1.165) is 0 Å². The molecule has 0 radical (unpaired) electrons. The Morgan fingerprint density at radius 1 is 1.17 bits per heavy atom. The van der Waals surface area contributed by atoms with Crippen molar-refractivity contribution in [2.24, 2.45) is 0 Å². The molecule has 0 aliphatic carbocycles. The fraction of sp³-hybridized carbons (Fsp3) is 0.200. The topological polar surface area (TPSA) is 20.2 Å².